The minimum atomic E-state index is -0.758. The van der Waals surface area contributed by atoms with Crippen molar-refractivity contribution in [1.29, 1.82) is 0 Å². The first-order valence-corrected chi connectivity index (χ1v) is 3.71. The number of carboxylic acids is 1. The quantitative estimate of drug-likeness (QED) is 0.568. The van der Waals surface area contributed by atoms with Crippen LogP contribution in [-0.2, 0) is 4.79 Å². The Kier molecular flexibility index (Phi) is 4.81. The van der Waals surface area contributed by atoms with Gasteiger partial charge in [0.2, 0.25) is 0 Å². The molecule has 0 amide bonds. The van der Waals surface area contributed by atoms with Gasteiger partial charge in [-0.2, -0.15) is 0 Å². The summed E-state index contributed by atoms with van der Waals surface area (Å²) in [6, 6.07) is 0.0440. The van der Waals surface area contributed by atoms with E-state index in [-0.39, 0.29) is 12.5 Å². The summed E-state index contributed by atoms with van der Waals surface area (Å²) >= 11 is 0. The minimum absolute atomic E-state index is 0.0440. The molecule has 66 valence electrons. The molecule has 0 aliphatic carbocycles. The molecule has 0 aliphatic heterocycles. The predicted octanol–water partition coefficient (Wildman–Crippen LogP) is 0.306. The van der Waals surface area contributed by atoms with Gasteiger partial charge in [-0.25, -0.2) is 0 Å². The van der Waals surface area contributed by atoms with Crippen LogP contribution in [0.1, 0.15) is 19.8 Å². The maximum absolute atomic E-state index is 10.3. The van der Waals surface area contributed by atoms with Gasteiger partial charge >= 0.3 is 5.97 Å². The van der Waals surface area contributed by atoms with E-state index < -0.39 is 5.97 Å². The molecule has 4 heteroatoms. The summed E-state index contributed by atoms with van der Waals surface area (Å²) in [5, 5.41) is 10.2. The van der Waals surface area contributed by atoms with Gasteiger partial charge in [0.25, 0.3) is 0 Å². The third kappa shape index (κ3) is 5.82. The van der Waals surface area contributed by atoms with Crippen LogP contribution in [0.3, 0.4) is 0 Å². The number of nitrogens with zero attached hydrogens (tertiary/aromatic N) is 1. The Morgan fingerprint density at radius 3 is 2.45 bits per heavy atom. The number of hydrogen-bond donors (Lipinski definition) is 2. The highest BCUT2D eigenvalue weighted by Crippen LogP contribution is 1.96. The lowest BCUT2D eigenvalue weighted by atomic mass is 10.2. The zero-order valence-electron chi connectivity index (χ0n) is 7.29. The van der Waals surface area contributed by atoms with Crippen LogP contribution < -0.4 is 5.43 Å². The van der Waals surface area contributed by atoms with Crippen molar-refractivity contribution in [3.8, 4) is 0 Å². The first-order chi connectivity index (χ1) is 5.06. The zero-order valence-corrected chi connectivity index (χ0v) is 7.29. The molecule has 0 saturated carbocycles. The summed E-state index contributed by atoms with van der Waals surface area (Å²) in [6.45, 7) is 1.96. The van der Waals surface area contributed by atoms with Crippen LogP contribution in [-0.4, -0.2) is 36.2 Å². The molecule has 0 spiro atoms. The monoisotopic (exact) mass is 160 g/mol. The Hall–Kier alpha value is -0.610. The Morgan fingerprint density at radius 1 is 1.64 bits per heavy atom. The fourth-order valence-corrected chi connectivity index (χ4v) is 0.857. The van der Waals surface area contributed by atoms with Gasteiger partial charge in [0.05, 0.1) is 6.42 Å². The molecular formula is C7H16N2O2. The molecule has 0 fully saturated rings. The van der Waals surface area contributed by atoms with Crippen LogP contribution >= 0.6 is 0 Å². The molecule has 0 rings (SSSR count). The molecule has 11 heavy (non-hydrogen) atoms. The third-order valence-corrected chi connectivity index (χ3v) is 1.35. The molecule has 0 aromatic rings. The molecule has 0 aromatic carbocycles. The topological polar surface area (TPSA) is 52.6 Å². The highest BCUT2D eigenvalue weighted by molar-refractivity contribution is 5.67. The van der Waals surface area contributed by atoms with Crippen molar-refractivity contribution in [3.05, 3.63) is 0 Å². The van der Waals surface area contributed by atoms with Crippen LogP contribution in [0.4, 0.5) is 0 Å². The van der Waals surface area contributed by atoms with Gasteiger partial charge in [-0.15, -0.1) is 0 Å². The molecule has 0 bridgehead atoms. The average molecular weight is 160 g/mol. The van der Waals surface area contributed by atoms with Crippen LogP contribution in [0, 0.1) is 0 Å². The molecule has 0 aliphatic rings. The van der Waals surface area contributed by atoms with E-state index in [0.717, 1.165) is 6.42 Å². The van der Waals surface area contributed by atoms with Gasteiger partial charge in [0, 0.05) is 20.1 Å². The van der Waals surface area contributed by atoms with E-state index in [1.807, 2.05) is 21.0 Å². The van der Waals surface area contributed by atoms with E-state index in [1.54, 1.807) is 5.01 Å². The molecule has 0 radical (unpaired) electrons. The lowest BCUT2D eigenvalue weighted by Crippen LogP contribution is -2.40. The van der Waals surface area contributed by atoms with Crippen molar-refractivity contribution < 1.29 is 9.90 Å². The molecular weight excluding hydrogens is 144 g/mol. The molecule has 2 N–H and O–H groups in total. The number of hydrazine groups is 1. The van der Waals surface area contributed by atoms with E-state index in [2.05, 4.69) is 5.43 Å². The minimum Gasteiger partial charge on any atom is -0.481 e. The lowest BCUT2D eigenvalue weighted by molar-refractivity contribution is -0.137. The van der Waals surface area contributed by atoms with E-state index >= 15 is 0 Å². The van der Waals surface area contributed by atoms with Gasteiger partial charge in [0.15, 0.2) is 0 Å². The van der Waals surface area contributed by atoms with Crippen LogP contribution in [0.15, 0.2) is 0 Å². The lowest BCUT2D eigenvalue weighted by Gasteiger charge is -2.19. The summed E-state index contributed by atoms with van der Waals surface area (Å²) in [5.41, 5.74) is 3.01. The predicted molar refractivity (Wildman–Crippen MR) is 43.2 cm³/mol. The Labute approximate surface area is 67.2 Å². The molecule has 4 nitrogen and oxygen atoms in total. The molecule has 0 aromatic heterocycles. The zero-order chi connectivity index (χ0) is 8.85. The first kappa shape index (κ1) is 10.4. The maximum Gasteiger partial charge on any atom is 0.304 e. The van der Waals surface area contributed by atoms with Crippen molar-refractivity contribution in [1.82, 2.24) is 10.4 Å². The summed E-state index contributed by atoms with van der Waals surface area (Å²) in [5.74, 6) is -0.758. The summed E-state index contributed by atoms with van der Waals surface area (Å²) in [7, 11) is 3.70. The van der Waals surface area contributed by atoms with Crippen molar-refractivity contribution >= 4 is 5.97 Å². The smallest absolute Gasteiger partial charge is 0.304 e. The van der Waals surface area contributed by atoms with E-state index in [0.29, 0.717) is 0 Å². The van der Waals surface area contributed by atoms with Crippen molar-refractivity contribution in [2.75, 3.05) is 14.1 Å². The summed E-state index contributed by atoms with van der Waals surface area (Å²) < 4.78 is 0. The number of carboxylic acid groups (broad SMARTS) is 1. The first-order valence-electron chi connectivity index (χ1n) is 3.71. The van der Waals surface area contributed by atoms with Crippen molar-refractivity contribution in [2.24, 2.45) is 0 Å². The van der Waals surface area contributed by atoms with E-state index in [9.17, 15) is 4.79 Å². The van der Waals surface area contributed by atoms with E-state index in [4.69, 9.17) is 5.11 Å². The molecule has 0 heterocycles. The van der Waals surface area contributed by atoms with Gasteiger partial charge in [-0.1, -0.05) is 6.92 Å². The number of rotatable bonds is 5. The van der Waals surface area contributed by atoms with Gasteiger partial charge in [-0.05, 0) is 6.42 Å². The average Bonchev–Trinajstić information content (AvgIpc) is 1.84. The number of nitrogens with one attached hydrogen (secondary N) is 1. The fourth-order valence-electron chi connectivity index (χ4n) is 0.857. The fraction of sp³-hybridized carbons (Fsp3) is 0.857. The maximum atomic E-state index is 10.3. The Bertz CT molecular complexity index is 126. The Morgan fingerprint density at radius 2 is 2.18 bits per heavy atom. The second-order valence-electron chi connectivity index (χ2n) is 2.73. The van der Waals surface area contributed by atoms with Crippen LogP contribution in [0.5, 0.6) is 0 Å². The molecule has 0 saturated heterocycles. The number of hydrogen-bond acceptors (Lipinski definition) is 3. The highest BCUT2D eigenvalue weighted by Gasteiger charge is 2.10. The Balaban J connectivity index is 3.66. The second kappa shape index (κ2) is 5.09. The van der Waals surface area contributed by atoms with E-state index in [1.165, 1.54) is 0 Å². The second-order valence-corrected chi connectivity index (χ2v) is 2.73. The largest absolute Gasteiger partial charge is 0.481 e. The molecule has 1 unspecified atom stereocenters. The van der Waals surface area contributed by atoms with Crippen molar-refractivity contribution in [2.45, 2.75) is 25.8 Å². The standard InChI is InChI=1S/C7H16N2O2/c1-4-6(5-7(10)11)8-9(2)3/h6,8H,4-5H2,1-3H3,(H,10,11). The highest BCUT2D eigenvalue weighted by atomic mass is 16.4. The normalized spacial score (nSPS) is 13.5. The van der Waals surface area contributed by atoms with Gasteiger partial charge in [0.1, 0.15) is 0 Å². The number of carbonyl (C=O) groups is 1. The van der Waals surface area contributed by atoms with Crippen LogP contribution in [0.25, 0.3) is 0 Å². The van der Waals surface area contributed by atoms with Crippen molar-refractivity contribution in [3.63, 3.8) is 0 Å². The molecule has 1 atom stereocenters. The van der Waals surface area contributed by atoms with Gasteiger partial charge in [-0.3, -0.25) is 15.2 Å². The van der Waals surface area contributed by atoms with Crippen LogP contribution in [0.2, 0.25) is 0 Å². The summed E-state index contributed by atoms with van der Waals surface area (Å²) in [6.07, 6.45) is 0.999. The van der Waals surface area contributed by atoms with Gasteiger partial charge < -0.3 is 5.11 Å². The number of aliphatic carboxylic acids is 1. The summed E-state index contributed by atoms with van der Waals surface area (Å²) in [4.78, 5) is 10.3. The third-order valence-electron chi connectivity index (χ3n) is 1.35. The SMILES string of the molecule is CCC(CC(=O)O)NN(C)C.